The van der Waals surface area contributed by atoms with E-state index in [2.05, 4.69) is 10.3 Å². The Bertz CT molecular complexity index is 375. The molecule has 0 radical (unpaired) electrons. The maximum absolute atomic E-state index is 11.7. The molecule has 1 fully saturated rings. The van der Waals surface area contributed by atoms with Crippen molar-refractivity contribution in [3.05, 3.63) is 30.1 Å². The van der Waals surface area contributed by atoms with Crippen LogP contribution in [0.5, 0.6) is 0 Å². The first kappa shape index (κ1) is 14.2. The lowest BCUT2D eigenvalue weighted by molar-refractivity contribution is 0.0740. The van der Waals surface area contributed by atoms with E-state index in [1.54, 1.807) is 18.3 Å². The lowest BCUT2D eigenvalue weighted by atomic mass is 9.93. The summed E-state index contributed by atoms with van der Waals surface area (Å²) in [6.45, 7) is 3.10. The Hall–Kier alpha value is -1.26. The van der Waals surface area contributed by atoms with Gasteiger partial charge in [0.15, 0.2) is 0 Å². The Morgan fingerprint density at radius 3 is 2.95 bits per heavy atom. The van der Waals surface area contributed by atoms with Crippen LogP contribution in [-0.2, 0) is 4.74 Å². The van der Waals surface area contributed by atoms with Crippen molar-refractivity contribution in [3.8, 4) is 0 Å². The third-order valence-electron chi connectivity index (χ3n) is 3.54. The number of ketones is 1. The van der Waals surface area contributed by atoms with E-state index in [-0.39, 0.29) is 12.4 Å². The van der Waals surface area contributed by atoms with Crippen LogP contribution in [0.3, 0.4) is 0 Å². The quantitative estimate of drug-likeness (QED) is 0.603. The van der Waals surface area contributed by atoms with E-state index in [0.717, 1.165) is 25.4 Å². The number of pyridine rings is 1. The fourth-order valence-corrected chi connectivity index (χ4v) is 2.41. The van der Waals surface area contributed by atoms with Crippen molar-refractivity contribution >= 4 is 5.78 Å². The van der Waals surface area contributed by atoms with Crippen LogP contribution in [0.4, 0.5) is 0 Å². The zero-order valence-electron chi connectivity index (χ0n) is 11.3. The largest absolute Gasteiger partial charge is 0.373 e. The van der Waals surface area contributed by atoms with E-state index in [4.69, 9.17) is 4.74 Å². The predicted octanol–water partition coefficient (Wildman–Crippen LogP) is 2.06. The molecule has 1 saturated heterocycles. The summed E-state index contributed by atoms with van der Waals surface area (Å²) in [6.07, 6.45) is 6.42. The maximum atomic E-state index is 11.7. The van der Waals surface area contributed by atoms with Gasteiger partial charge >= 0.3 is 0 Å². The summed E-state index contributed by atoms with van der Waals surface area (Å²) in [7, 11) is 0. The number of rotatable bonds is 7. The number of ether oxygens (including phenoxy) is 1. The van der Waals surface area contributed by atoms with Crippen LogP contribution in [0.25, 0.3) is 0 Å². The molecule has 1 aromatic heterocycles. The molecule has 104 valence electrons. The second-order valence-electron chi connectivity index (χ2n) is 5.03. The molecule has 0 saturated carbocycles. The highest BCUT2D eigenvalue weighted by molar-refractivity contribution is 5.95. The van der Waals surface area contributed by atoms with Gasteiger partial charge in [-0.3, -0.25) is 9.78 Å². The molecule has 0 spiro atoms. The van der Waals surface area contributed by atoms with E-state index >= 15 is 0 Å². The molecule has 0 atom stereocenters. The fraction of sp³-hybridized carbons (Fsp3) is 0.600. The highest BCUT2D eigenvalue weighted by atomic mass is 16.5. The van der Waals surface area contributed by atoms with Gasteiger partial charge in [-0.05, 0) is 56.8 Å². The van der Waals surface area contributed by atoms with E-state index in [0.29, 0.717) is 12.3 Å². The first-order valence-electron chi connectivity index (χ1n) is 7.09. The molecule has 0 bridgehead atoms. The molecule has 0 aromatic carbocycles. The van der Waals surface area contributed by atoms with Gasteiger partial charge in [0, 0.05) is 12.8 Å². The van der Waals surface area contributed by atoms with Crippen LogP contribution in [0.15, 0.2) is 24.4 Å². The zero-order chi connectivity index (χ0) is 13.3. The van der Waals surface area contributed by atoms with Gasteiger partial charge in [0.1, 0.15) is 12.3 Å². The summed E-state index contributed by atoms with van der Waals surface area (Å²) in [5.74, 6) is 0.791. The molecule has 0 amide bonds. The molecular formula is C15H22N2O2. The maximum Gasteiger partial charge on any atom is 0.206 e. The van der Waals surface area contributed by atoms with Gasteiger partial charge in [0.25, 0.3) is 0 Å². The lowest BCUT2D eigenvalue weighted by Crippen LogP contribution is -2.27. The van der Waals surface area contributed by atoms with Crippen LogP contribution in [0, 0.1) is 5.92 Å². The molecule has 19 heavy (non-hydrogen) atoms. The molecule has 4 nitrogen and oxygen atoms in total. The second kappa shape index (κ2) is 8.02. The Kier molecular flexibility index (Phi) is 5.98. The molecule has 1 aliphatic rings. The summed E-state index contributed by atoms with van der Waals surface area (Å²) in [4.78, 5) is 15.7. The van der Waals surface area contributed by atoms with Gasteiger partial charge in [-0.1, -0.05) is 6.07 Å². The van der Waals surface area contributed by atoms with Crippen molar-refractivity contribution in [1.82, 2.24) is 10.3 Å². The molecule has 0 aliphatic carbocycles. The number of carbonyl (C=O) groups excluding carboxylic acids is 1. The monoisotopic (exact) mass is 262 g/mol. The second-order valence-corrected chi connectivity index (χ2v) is 5.03. The smallest absolute Gasteiger partial charge is 0.206 e. The minimum Gasteiger partial charge on any atom is -0.373 e. The number of hydrogen-bond donors (Lipinski definition) is 1. The van der Waals surface area contributed by atoms with E-state index in [1.807, 2.05) is 6.07 Å². The number of hydrogen-bond acceptors (Lipinski definition) is 4. The number of nitrogens with zero attached hydrogens (tertiary/aromatic N) is 1. The topological polar surface area (TPSA) is 51.2 Å². The molecule has 2 rings (SSSR count). The van der Waals surface area contributed by atoms with Crippen LogP contribution < -0.4 is 5.32 Å². The molecule has 4 heteroatoms. The Labute approximate surface area is 114 Å². The average Bonchev–Trinajstić information content (AvgIpc) is 2.49. The first-order valence-corrected chi connectivity index (χ1v) is 7.09. The molecule has 2 heterocycles. The summed E-state index contributed by atoms with van der Waals surface area (Å²) in [5, 5.41) is 3.37. The normalized spacial score (nSPS) is 16.4. The highest BCUT2D eigenvalue weighted by Gasteiger charge is 2.12. The summed E-state index contributed by atoms with van der Waals surface area (Å²) in [6, 6.07) is 5.34. The third kappa shape index (κ3) is 5.09. The number of piperidine rings is 1. The third-order valence-corrected chi connectivity index (χ3v) is 3.54. The van der Waals surface area contributed by atoms with Gasteiger partial charge < -0.3 is 10.1 Å². The highest BCUT2D eigenvalue weighted by Crippen LogP contribution is 2.17. The molecule has 1 aliphatic heterocycles. The Morgan fingerprint density at radius 1 is 1.37 bits per heavy atom. The fourth-order valence-electron chi connectivity index (χ4n) is 2.41. The first-order chi connectivity index (χ1) is 9.36. The predicted molar refractivity (Wildman–Crippen MR) is 74.2 cm³/mol. The van der Waals surface area contributed by atoms with Crippen molar-refractivity contribution in [2.45, 2.75) is 25.7 Å². The van der Waals surface area contributed by atoms with Crippen molar-refractivity contribution in [2.75, 3.05) is 26.3 Å². The van der Waals surface area contributed by atoms with Crippen molar-refractivity contribution in [1.29, 1.82) is 0 Å². The molecular weight excluding hydrogens is 240 g/mol. The standard InChI is InChI=1S/C15H22N2O2/c18-15(14-5-1-2-8-17-14)12-19-11-3-4-13-6-9-16-10-7-13/h1-2,5,8,13,16H,3-4,6-7,9-12H2. The minimum absolute atomic E-state index is 0.0394. The summed E-state index contributed by atoms with van der Waals surface area (Å²) >= 11 is 0. The SMILES string of the molecule is O=C(COCCCC1CCNCC1)c1ccccn1. The number of carbonyl (C=O) groups is 1. The van der Waals surface area contributed by atoms with Crippen molar-refractivity contribution in [2.24, 2.45) is 5.92 Å². The number of nitrogens with one attached hydrogen (secondary N) is 1. The van der Waals surface area contributed by atoms with Gasteiger partial charge in [-0.25, -0.2) is 0 Å². The molecule has 0 unspecified atom stereocenters. The number of Topliss-reactive ketones (excluding diaryl/α,β-unsaturated/α-hetero) is 1. The number of aromatic nitrogens is 1. The van der Waals surface area contributed by atoms with Gasteiger partial charge in [-0.2, -0.15) is 0 Å². The van der Waals surface area contributed by atoms with Gasteiger partial charge in [0.05, 0.1) is 0 Å². The van der Waals surface area contributed by atoms with E-state index in [1.165, 1.54) is 19.3 Å². The molecule has 1 aromatic rings. The van der Waals surface area contributed by atoms with Crippen LogP contribution in [0.1, 0.15) is 36.2 Å². The van der Waals surface area contributed by atoms with Gasteiger partial charge in [0.2, 0.25) is 5.78 Å². The molecule has 1 N–H and O–H groups in total. The van der Waals surface area contributed by atoms with Crippen molar-refractivity contribution in [3.63, 3.8) is 0 Å². The zero-order valence-corrected chi connectivity index (χ0v) is 11.3. The van der Waals surface area contributed by atoms with E-state index in [9.17, 15) is 4.79 Å². The Morgan fingerprint density at radius 2 is 2.21 bits per heavy atom. The van der Waals surface area contributed by atoms with Crippen LogP contribution >= 0.6 is 0 Å². The van der Waals surface area contributed by atoms with Gasteiger partial charge in [-0.15, -0.1) is 0 Å². The summed E-state index contributed by atoms with van der Waals surface area (Å²) < 4.78 is 5.44. The summed E-state index contributed by atoms with van der Waals surface area (Å²) in [5.41, 5.74) is 0.487. The minimum atomic E-state index is -0.0394. The lowest BCUT2D eigenvalue weighted by Gasteiger charge is -2.22. The Balaban J connectivity index is 1.55. The van der Waals surface area contributed by atoms with Crippen LogP contribution in [0.2, 0.25) is 0 Å². The van der Waals surface area contributed by atoms with Crippen LogP contribution in [-0.4, -0.2) is 37.1 Å². The van der Waals surface area contributed by atoms with E-state index < -0.39 is 0 Å². The average molecular weight is 262 g/mol. The van der Waals surface area contributed by atoms with Crippen molar-refractivity contribution < 1.29 is 9.53 Å².